The van der Waals surface area contributed by atoms with Crippen LogP contribution in [0, 0.1) is 18.3 Å². The molecule has 0 bridgehead atoms. The largest absolute Gasteiger partial charge is 0.350 e. The van der Waals surface area contributed by atoms with Gasteiger partial charge in [0.15, 0.2) is 0 Å². The molecular formula is C18H19N3O3S. The molecule has 0 aliphatic carbocycles. The van der Waals surface area contributed by atoms with E-state index in [4.69, 9.17) is 0 Å². The predicted octanol–water partition coefficient (Wildman–Crippen LogP) is 2.06. The van der Waals surface area contributed by atoms with Crippen molar-refractivity contribution in [3.63, 3.8) is 0 Å². The van der Waals surface area contributed by atoms with Gasteiger partial charge in [0.05, 0.1) is 24.1 Å². The summed E-state index contributed by atoms with van der Waals surface area (Å²) < 4.78 is 25.3. The third kappa shape index (κ3) is 4.81. The number of hydrogen-bond acceptors (Lipinski definition) is 4. The number of sulfonamides is 1. The Bertz CT molecular complexity index is 900. The number of para-hydroxylation sites is 1. The zero-order chi connectivity index (χ0) is 18.4. The molecule has 0 unspecified atom stereocenters. The second-order valence-electron chi connectivity index (χ2n) is 5.59. The minimum Gasteiger partial charge on any atom is -0.350 e. The highest BCUT2D eigenvalue weighted by Crippen LogP contribution is 2.21. The molecule has 6 nitrogen and oxygen atoms in total. The van der Waals surface area contributed by atoms with Gasteiger partial charge in [0.25, 0.3) is 5.91 Å². The van der Waals surface area contributed by atoms with Crippen LogP contribution in [0.4, 0.5) is 5.69 Å². The molecule has 25 heavy (non-hydrogen) atoms. The van der Waals surface area contributed by atoms with E-state index < -0.39 is 10.0 Å². The van der Waals surface area contributed by atoms with Crippen molar-refractivity contribution >= 4 is 21.6 Å². The number of carbonyl (C=O) groups excluding carboxylic acids is 1. The van der Waals surface area contributed by atoms with Gasteiger partial charge in [-0.3, -0.25) is 9.10 Å². The summed E-state index contributed by atoms with van der Waals surface area (Å²) >= 11 is 0. The average Bonchev–Trinajstić information content (AvgIpc) is 2.58. The van der Waals surface area contributed by atoms with Crippen LogP contribution in [0.1, 0.15) is 21.5 Å². The number of hydrogen-bond donors (Lipinski definition) is 1. The van der Waals surface area contributed by atoms with Crippen molar-refractivity contribution in [1.29, 1.82) is 5.26 Å². The zero-order valence-corrected chi connectivity index (χ0v) is 14.9. The van der Waals surface area contributed by atoms with Gasteiger partial charge in [-0.25, -0.2) is 8.42 Å². The summed E-state index contributed by atoms with van der Waals surface area (Å²) in [5.74, 6) is -0.276. The van der Waals surface area contributed by atoms with Gasteiger partial charge < -0.3 is 5.32 Å². The monoisotopic (exact) mass is 357 g/mol. The Morgan fingerprint density at radius 3 is 2.40 bits per heavy atom. The fourth-order valence-corrected chi connectivity index (χ4v) is 3.27. The molecule has 0 heterocycles. The van der Waals surface area contributed by atoms with E-state index in [1.807, 2.05) is 25.1 Å². The first kappa shape index (κ1) is 18.5. The number of nitrogens with zero attached hydrogens (tertiary/aromatic N) is 2. The molecule has 2 rings (SSSR count). The summed E-state index contributed by atoms with van der Waals surface area (Å²) in [5.41, 5.74) is 2.12. The second-order valence-corrected chi connectivity index (χ2v) is 7.49. The third-order valence-corrected chi connectivity index (χ3v) is 4.79. The summed E-state index contributed by atoms with van der Waals surface area (Å²) in [7, 11) is -3.59. The molecule has 0 aliphatic heterocycles. The Kier molecular flexibility index (Phi) is 5.78. The second kappa shape index (κ2) is 7.81. The Morgan fingerprint density at radius 1 is 1.16 bits per heavy atom. The van der Waals surface area contributed by atoms with Gasteiger partial charge in [-0.2, -0.15) is 5.26 Å². The Hall–Kier alpha value is -2.85. The van der Waals surface area contributed by atoms with Crippen molar-refractivity contribution in [2.24, 2.45) is 0 Å². The number of benzene rings is 2. The van der Waals surface area contributed by atoms with Crippen LogP contribution in [0.3, 0.4) is 0 Å². The minimum absolute atomic E-state index is 0.0368. The van der Waals surface area contributed by atoms with Crippen molar-refractivity contribution in [3.05, 3.63) is 65.2 Å². The molecule has 2 aromatic carbocycles. The summed E-state index contributed by atoms with van der Waals surface area (Å²) in [6, 6.07) is 15.5. The molecule has 0 aliphatic rings. The first-order chi connectivity index (χ1) is 11.8. The van der Waals surface area contributed by atoms with Crippen molar-refractivity contribution in [3.8, 4) is 6.07 Å². The van der Waals surface area contributed by atoms with Gasteiger partial charge >= 0.3 is 0 Å². The fraction of sp³-hybridized carbons (Fsp3) is 0.222. The van der Waals surface area contributed by atoms with E-state index in [1.54, 1.807) is 36.4 Å². The summed E-state index contributed by atoms with van der Waals surface area (Å²) in [4.78, 5) is 12.1. The lowest BCUT2D eigenvalue weighted by Gasteiger charge is -2.23. The van der Waals surface area contributed by atoms with Crippen LogP contribution >= 0.6 is 0 Å². The molecule has 0 aromatic heterocycles. The lowest BCUT2D eigenvalue weighted by molar-refractivity contribution is 0.0955. The maximum Gasteiger partial charge on any atom is 0.251 e. The summed E-state index contributed by atoms with van der Waals surface area (Å²) in [6.45, 7) is 2.09. The number of nitrogens with one attached hydrogen (secondary N) is 1. The first-order valence-corrected chi connectivity index (χ1v) is 9.49. The lowest BCUT2D eigenvalue weighted by atomic mass is 10.1. The number of anilines is 1. The van der Waals surface area contributed by atoms with Crippen molar-refractivity contribution in [2.45, 2.75) is 6.92 Å². The quantitative estimate of drug-likeness (QED) is 0.857. The molecule has 7 heteroatoms. The Labute approximate surface area is 147 Å². The molecule has 130 valence electrons. The first-order valence-electron chi connectivity index (χ1n) is 7.64. The Balaban J connectivity index is 2.10. The van der Waals surface area contributed by atoms with Crippen molar-refractivity contribution in [2.75, 3.05) is 23.7 Å². The van der Waals surface area contributed by atoms with Gasteiger partial charge in [0.1, 0.15) is 6.07 Å². The van der Waals surface area contributed by atoms with Gasteiger partial charge in [0.2, 0.25) is 10.0 Å². The van der Waals surface area contributed by atoms with Gasteiger partial charge in [-0.1, -0.05) is 29.8 Å². The highest BCUT2D eigenvalue weighted by molar-refractivity contribution is 7.92. The fourth-order valence-electron chi connectivity index (χ4n) is 2.33. The zero-order valence-electron chi connectivity index (χ0n) is 14.1. The summed E-state index contributed by atoms with van der Waals surface area (Å²) in [6.07, 6.45) is 1.07. The van der Waals surface area contributed by atoms with Crippen LogP contribution in [0.5, 0.6) is 0 Å². The van der Waals surface area contributed by atoms with E-state index in [1.165, 1.54) is 0 Å². The highest BCUT2D eigenvalue weighted by atomic mass is 32.2. The van der Waals surface area contributed by atoms with Gasteiger partial charge in [0, 0.05) is 12.1 Å². The number of amides is 1. The van der Waals surface area contributed by atoms with E-state index in [9.17, 15) is 18.5 Å². The maximum atomic E-state index is 12.1. The average molecular weight is 357 g/mol. The molecule has 2 aromatic rings. The number of rotatable bonds is 6. The van der Waals surface area contributed by atoms with E-state index in [2.05, 4.69) is 5.32 Å². The molecule has 1 amide bonds. The lowest BCUT2D eigenvalue weighted by Crippen LogP contribution is -2.38. The SMILES string of the molecule is Cc1ccc(C(=O)NCCN(c2ccccc2C#N)S(C)(=O)=O)cc1. The van der Waals surface area contributed by atoms with Crippen LogP contribution in [0.2, 0.25) is 0 Å². The molecule has 0 saturated heterocycles. The number of nitriles is 1. The van der Waals surface area contributed by atoms with E-state index in [0.29, 0.717) is 11.3 Å². The van der Waals surface area contributed by atoms with Crippen LogP contribution in [0.25, 0.3) is 0 Å². The van der Waals surface area contributed by atoms with Gasteiger partial charge in [-0.05, 0) is 31.2 Å². The number of carbonyl (C=O) groups is 1. The topological polar surface area (TPSA) is 90.3 Å². The predicted molar refractivity (Wildman–Crippen MR) is 96.9 cm³/mol. The molecule has 1 N–H and O–H groups in total. The van der Waals surface area contributed by atoms with E-state index >= 15 is 0 Å². The van der Waals surface area contributed by atoms with Crippen molar-refractivity contribution in [1.82, 2.24) is 5.32 Å². The standard InChI is InChI=1S/C18H19N3O3S/c1-14-7-9-15(10-8-14)18(22)20-11-12-21(25(2,23)24)17-6-4-3-5-16(17)13-19/h3-10H,11-12H2,1-2H3,(H,20,22). The molecule has 0 atom stereocenters. The van der Waals surface area contributed by atoms with E-state index in [0.717, 1.165) is 16.1 Å². The van der Waals surface area contributed by atoms with E-state index in [-0.39, 0.29) is 24.6 Å². The summed E-state index contributed by atoms with van der Waals surface area (Å²) in [5, 5.41) is 11.9. The van der Waals surface area contributed by atoms with Crippen LogP contribution in [-0.2, 0) is 10.0 Å². The van der Waals surface area contributed by atoms with Crippen LogP contribution < -0.4 is 9.62 Å². The molecule has 0 fully saturated rings. The maximum absolute atomic E-state index is 12.1. The number of aryl methyl sites for hydroxylation is 1. The molecular weight excluding hydrogens is 338 g/mol. The molecule has 0 spiro atoms. The third-order valence-electron chi connectivity index (χ3n) is 3.61. The minimum atomic E-state index is -3.59. The normalized spacial score (nSPS) is 10.8. The highest BCUT2D eigenvalue weighted by Gasteiger charge is 2.20. The van der Waals surface area contributed by atoms with Crippen molar-refractivity contribution < 1.29 is 13.2 Å². The Morgan fingerprint density at radius 2 is 1.80 bits per heavy atom. The molecule has 0 radical (unpaired) electrons. The smallest absolute Gasteiger partial charge is 0.251 e. The van der Waals surface area contributed by atoms with Crippen LogP contribution in [0.15, 0.2) is 48.5 Å². The van der Waals surface area contributed by atoms with Crippen LogP contribution in [-0.4, -0.2) is 33.7 Å². The van der Waals surface area contributed by atoms with Gasteiger partial charge in [-0.15, -0.1) is 0 Å². The molecule has 0 saturated carbocycles.